The normalized spacial score (nSPS) is 12.4. The zero-order valence-corrected chi connectivity index (χ0v) is 24.9. The average molecular weight is 495 g/mol. The summed E-state index contributed by atoms with van der Waals surface area (Å²) in [6.45, 7) is 4.21. The van der Waals surface area contributed by atoms with Crippen LogP contribution in [0.4, 0.5) is 0 Å². The summed E-state index contributed by atoms with van der Waals surface area (Å²) in [5.41, 5.74) is 0. The Morgan fingerprint density at radius 2 is 0.486 bits per heavy atom. The Balaban J connectivity index is 3.01. The van der Waals surface area contributed by atoms with Gasteiger partial charge in [0.1, 0.15) is 0 Å². The quantitative estimate of drug-likeness (QED) is 0.0950. The lowest BCUT2D eigenvalue weighted by molar-refractivity contribution is 0.180. The highest BCUT2D eigenvalue weighted by molar-refractivity contribution is 4.53. The van der Waals surface area contributed by atoms with Gasteiger partial charge in [-0.05, 0) is 13.3 Å². The van der Waals surface area contributed by atoms with E-state index in [2.05, 4.69) is 6.92 Å². The fraction of sp³-hybridized carbons (Fsp3) is 1.00. The molecule has 0 saturated heterocycles. The van der Waals surface area contributed by atoms with Crippen molar-refractivity contribution in [1.82, 2.24) is 0 Å². The first-order valence-corrected chi connectivity index (χ1v) is 17.0. The van der Waals surface area contributed by atoms with E-state index in [-0.39, 0.29) is 6.10 Å². The van der Waals surface area contributed by atoms with Crippen molar-refractivity contribution in [2.24, 2.45) is 0 Å². The van der Waals surface area contributed by atoms with Gasteiger partial charge in [0.15, 0.2) is 0 Å². The minimum atomic E-state index is -0.103. The summed E-state index contributed by atoms with van der Waals surface area (Å²) in [4.78, 5) is 0. The van der Waals surface area contributed by atoms with E-state index >= 15 is 0 Å². The third-order valence-corrected chi connectivity index (χ3v) is 7.98. The molecule has 0 aliphatic rings. The van der Waals surface area contributed by atoms with Crippen molar-refractivity contribution in [3.63, 3.8) is 0 Å². The largest absolute Gasteiger partial charge is 0.393 e. The highest BCUT2D eigenvalue weighted by Gasteiger charge is 1.98. The lowest BCUT2D eigenvalue weighted by atomic mass is 10.0. The molecule has 0 aliphatic carbocycles. The second-order valence-corrected chi connectivity index (χ2v) is 11.9. The van der Waals surface area contributed by atoms with Crippen LogP contribution in [-0.2, 0) is 0 Å². The Hall–Kier alpha value is -0.0400. The number of unbranched alkanes of at least 4 members (excludes halogenated alkanes) is 29. The summed E-state index contributed by atoms with van der Waals surface area (Å²) in [5.74, 6) is 0. The van der Waals surface area contributed by atoms with Gasteiger partial charge in [-0.3, -0.25) is 0 Å². The molecule has 35 heavy (non-hydrogen) atoms. The molecule has 1 heteroatoms. The summed E-state index contributed by atoms with van der Waals surface area (Å²) in [5, 5.41) is 9.26. The van der Waals surface area contributed by atoms with E-state index < -0.39 is 0 Å². The molecule has 0 aromatic heterocycles. The minimum Gasteiger partial charge on any atom is -0.393 e. The van der Waals surface area contributed by atoms with Crippen LogP contribution in [0.3, 0.4) is 0 Å². The van der Waals surface area contributed by atoms with Crippen LogP contribution in [0, 0.1) is 0 Å². The Labute approximate surface area is 224 Å². The lowest BCUT2D eigenvalue weighted by Gasteiger charge is -2.05. The van der Waals surface area contributed by atoms with Gasteiger partial charge in [-0.25, -0.2) is 0 Å². The number of hydrogen-bond acceptors (Lipinski definition) is 1. The molecule has 0 aromatic carbocycles. The molecule has 0 radical (unpaired) electrons. The molecule has 212 valence electrons. The van der Waals surface area contributed by atoms with Crippen LogP contribution in [0.15, 0.2) is 0 Å². The number of aliphatic hydroxyl groups excluding tert-OH is 1. The molecule has 0 aromatic rings. The maximum Gasteiger partial charge on any atom is 0.0512 e. The zero-order valence-electron chi connectivity index (χ0n) is 24.9. The van der Waals surface area contributed by atoms with E-state index in [4.69, 9.17) is 0 Å². The van der Waals surface area contributed by atoms with Crippen LogP contribution < -0.4 is 0 Å². The molecule has 0 aliphatic heterocycles. The van der Waals surface area contributed by atoms with Gasteiger partial charge < -0.3 is 5.11 Å². The van der Waals surface area contributed by atoms with Crippen LogP contribution in [0.25, 0.3) is 0 Å². The number of rotatable bonds is 31. The first-order valence-electron chi connectivity index (χ1n) is 17.0. The maximum absolute atomic E-state index is 9.26. The standard InChI is InChI=1S/C34H70O/c1-3-4-5-6-7-8-9-10-11-12-13-14-15-16-17-18-19-20-21-22-23-24-25-26-27-28-29-30-31-32-33-34(2)35/h34-35H,3-33H2,1-2H3. The molecule has 1 atom stereocenters. The average Bonchev–Trinajstić information content (AvgIpc) is 2.85. The van der Waals surface area contributed by atoms with Crippen LogP contribution in [0.1, 0.15) is 213 Å². The molecule has 0 heterocycles. The van der Waals surface area contributed by atoms with Crippen LogP contribution in [0.2, 0.25) is 0 Å². The summed E-state index contributed by atoms with van der Waals surface area (Å²) in [6, 6.07) is 0. The van der Waals surface area contributed by atoms with Crippen molar-refractivity contribution in [2.45, 2.75) is 219 Å². The predicted octanol–water partition coefficient (Wildman–Crippen LogP) is 12.5. The Bertz CT molecular complexity index is 350. The molecule has 1 N–H and O–H groups in total. The summed E-state index contributed by atoms with van der Waals surface area (Å²) in [6.07, 6.45) is 44.4. The van der Waals surface area contributed by atoms with Gasteiger partial charge in [-0.1, -0.05) is 200 Å². The fourth-order valence-electron chi connectivity index (χ4n) is 5.46. The third-order valence-electron chi connectivity index (χ3n) is 7.98. The molecule has 1 unspecified atom stereocenters. The monoisotopic (exact) mass is 495 g/mol. The smallest absolute Gasteiger partial charge is 0.0512 e. The maximum atomic E-state index is 9.26. The van der Waals surface area contributed by atoms with Crippen LogP contribution in [-0.4, -0.2) is 11.2 Å². The van der Waals surface area contributed by atoms with Crippen LogP contribution >= 0.6 is 0 Å². The van der Waals surface area contributed by atoms with Gasteiger partial charge in [-0.2, -0.15) is 0 Å². The first-order chi connectivity index (χ1) is 17.3. The summed E-state index contributed by atoms with van der Waals surface area (Å²) >= 11 is 0. The summed E-state index contributed by atoms with van der Waals surface area (Å²) < 4.78 is 0. The van der Waals surface area contributed by atoms with E-state index in [0.717, 1.165) is 6.42 Å². The van der Waals surface area contributed by atoms with Gasteiger partial charge in [0, 0.05) is 0 Å². The molecule has 0 amide bonds. The van der Waals surface area contributed by atoms with Crippen molar-refractivity contribution in [1.29, 1.82) is 0 Å². The van der Waals surface area contributed by atoms with E-state index in [1.165, 1.54) is 193 Å². The highest BCUT2D eigenvalue weighted by Crippen LogP contribution is 2.16. The summed E-state index contributed by atoms with van der Waals surface area (Å²) in [7, 11) is 0. The lowest BCUT2D eigenvalue weighted by Crippen LogP contribution is -1.98. The Morgan fingerprint density at radius 3 is 0.657 bits per heavy atom. The van der Waals surface area contributed by atoms with E-state index in [1.54, 1.807) is 0 Å². The van der Waals surface area contributed by atoms with E-state index in [0.29, 0.717) is 0 Å². The molecule has 0 fully saturated rings. The second kappa shape index (κ2) is 32.0. The minimum absolute atomic E-state index is 0.103. The number of hydrogen-bond donors (Lipinski definition) is 1. The molecule has 0 saturated carbocycles. The zero-order chi connectivity index (χ0) is 25.5. The second-order valence-electron chi connectivity index (χ2n) is 11.9. The topological polar surface area (TPSA) is 20.2 Å². The highest BCUT2D eigenvalue weighted by atomic mass is 16.3. The van der Waals surface area contributed by atoms with Crippen LogP contribution in [0.5, 0.6) is 0 Å². The van der Waals surface area contributed by atoms with Gasteiger partial charge in [0.25, 0.3) is 0 Å². The van der Waals surface area contributed by atoms with Gasteiger partial charge >= 0.3 is 0 Å². The van der Waals surface area contributed by atoms with Crippen molar-refractivity contribution in [3.05, 3.63) is 0 Å². The molecule has 0 rings (SSSR count). The third kappa shape index (κ3) is 34.0. The first kappa shape index (κ1) is 35.0. The van der Waals surface area contributed by atoms with Crippen molar-refractivity contribution in [3.8, 4) is 0 Å². The van der Waals surface area contributed by atoms with Crippen molar-refractivity contribution < 1.29 is 5.11 Å². The Morgan fingerprint density at radius 1 is 0.314 bits per heavy atom. The molecular formula is C34H70O. The SMILES string of the molecule is CCCCCCCCCCCCCCCCCCCCCCCCCCCCCCCCC(C)O. The molecule has 0 bridgehead atoms. The van der Waals surface area contributed by atoms with Crippen molar-refractivity contribution >= 4 is 0 Å². The fourth-order valence-corrected chi connectivity index (χ4v) is 5.46. The van der Waals surface area contributed by atoms with Gasteiger partial charge in [-0.15, -0.1) is 0 Å². The molecule has 1 nitrogen and oxygen atoms in total. The molecule has 0 spiro atoms. The van der Waals surface area contributed by atoms with Crippen molar-refractivity contribution in [2.75, 3.05) is 0 Å². The van der Waals surface area contributed by atoms with Gasteiger partial charge in [0.2, 0.25) is 0 Å². The van der Waals surface area contributed by atoms with Gasteiger partial charge in [0.05, 0.1) is 6.10 Å². The number of aliphatic hydroxyl groups is 1. The van der Waals surface area contributed by atoms with E-state index in [1.807, 2.05) is 6.92 Å². The molecular weight excluding hydrogens is 424 g/mol. The predicted molar refractivity (Wildman–Crippen MR) is 160 cm³/mol. The van der Waals surface area contributed by atoms with E-state index in [9.17, 15) is 5.11 Å². The Kier molecular flexibility index (Phi) is 32.0.